The maximum atomic E-state index is 12.7. The molecule has 0 spiro atoms. The van der Waals surface area contributed by atoms with Crippen LogP contribution in [0.2, 0.25) is 0 Å². The van der Waals surface area contributed by atoms with E-state index in [1.807, 2.05) is 53.7 Å². The lowest BCUT2D eigenvalue weighted by Gasteiger charge is -2.34. The number of amides is 1. The molecule has 1 aromatic rings. The van der Waals surface area contributed by atoms with Crippen molar-refractivity contribution in [2.24, 2.45) is 5.41 Å². The third-order valence-electron chi connectivity index (χ3n) is 6.38. The van der Waals surface area contributed by atoms with Crippen LogP contribution in [0, 0.1) is 5.41 Å². The monoisotopic (exact) mass is 434 g/mol. The molecular formula is C27H50N2O2. The molecule has 0 aliphatic carbocycles. The molecule has 31 heavy (non-hydrogen) atoms. The fraction of sp³-hybridized carbons (Fsp3) is 0.741. The highest BCUT2D eigenvalue weighted by Crippen LogP contribution is 2.39. The molecule has 0 heterocycles. The molecule has 4 nitrogen and oxygen atoms in total. The number of hydrogen-bond acceptors (Lipinski definition) is 2. The van der Waals surface area contributed by atoms with E-state index in [1.54, 1.807) is 0 Å². The summed E-state index contributed by atoms with van der Waals surface area (Å²) in [5.41, 5.74) is 1.29. The van der Waals surface area contributed by atoms with E-state index in [4.69, 9.17) is 0 Å². The van der Waals surface area contributed by atoms with Crippen molar-refractivity contribution in [2.75, 3.05) is 31.5 Å². The molecule has 1 rings (SSSR count). The van der Waals surface area contributed by atoms with Crippen molar-refractivity contribution < 1.29 is 14.4 Å². The largest absolute Gasteiger partial charge is 0.871 e. The summed E-state index contributed by atoms with van der Waals surface area (Å²) < 4.78 is 1.28. The molecule has 0 saturated carbocycles. The number of rotatable bonds is 5. The normalized spacial score (nSPS) is 12.8. The molecule has 0 unspecified atom stereocenters. The maximum absolute atomic E-state index is 12.7. The summed E-state index contributed by atoms with van der Waals surface area (Å²) in [6.45, 7) is 32.1. The summed E-state index contributed by atoms with van der Waals surface area (Å²) in [5.74, 6) is -0.228. The molecule has 0 atom stereocenters. The lowest BCUT2D eigenvalue weighted by molar-refractivity contribution is -0.921. The van der Waals surface area contributed by atoms with Gasteiger partial charge in [-0.2, -0.15) is 0 Å². The minimum absolute atomic E-state index is 0.0851. The number of hydrogen-bond donors (Lipinski definition) is 1. The van der Waals surface area contributed by atoms with Crippen molar-refractivity contribution in [2.45, 2.75) is 101 Å². The highest BCUT2D eigenvalue weighted by Gasteiger charge is 2.25. The zero-order valence-corrected chi connectivity index (χ0v) is 22.7. The molecule has 0 aliphatic heterocycles. The van der Waals surface area contributed by atoms with Crippen molar-refractivity contribution in [3.63, 3.8) is 0 Å². The fourth-order valence-corrected chi connectivity index (χ4v) is 3.36. The minimum atomic E-state index is -0.536. The molecule has 4 heteroatoms. The summed E-state index contributed by atoms with van der Waals surface area (Å²) in [7, 11) is 0. The Balaban J connectivity index is 0.000000842. The van der Waals surface area contributed by atoms with Gasteiger partial charge in [0, 0.05) is 11.1 Å². The number of benzene rings is 1. The molecule has 0 aromatic heterocycles. The summed E-state index contributed by atoms with van der Waals surface area (Å²) in [5, 5.41) is 15.6. The van der Waals surface area contributed by atoms with Crippen LogP contribution in [-0.2, 0) is 15.6 Å². The van der Waals surface area contributed by atoms with Gasteiger partial charge in [0.25, 0.3) is 0 Å². The molecule has 1 N–H and O–H groups in total. The molecule has 1 amide bonds. The number of quaternary nitrogens is 1. The van der Waals surface area contributed by atoms with E-state index in [0.717, 1.165) is 11.1 Å². The van der Waals surface area contributed by atoms with Crippen LogP contribution >= 0.6 is 0 Å². The van der Waals surface area contributed by atoms with Crippen LogP contribution in [0.5, 0.6) is 5.75 Å². The Morgan fingerprint density at radius 1 is 0.806 bits per heavy atom. The van der Waals surface area contributed by atoms with E-state index in [9.17, 15) is 9.90 Å². The molecule has 0 bridgehead atoms. The van der Waals surface area contributed by atoms with Gasteiger partial charge >= 0.3 is 0 Å². The van der Waals surface area contributed by atoms with Crippen LogP contribution < -0.4 is 10.4 Å². The number of nitrogens with zero attached hydrogens (tertiary/aromatic N) is 1. The van der Waals surface area contributed by atoms with Crippen LogP contribution in [0.4, 0.5) is 5.69 Å². The standard InChI is InChI=1S/C19H31NO2.C8H20N/c1-17(2,3)12-10-13(18(4,5)6)15(21)14(11-12)20-16(22)19(7,8)9;1-5-9(6-2,7-3)8-4/h10-11,21H,1-9H3,(H,20,22);5-8H2,1-4H3/q;+1/p-1. The predicted molar refractivity (Wildman–Crippen MR) is 134 cm³/mol. The first-order valence-corrected chi connectivity index (χ1v) is 11.9. The number of carbonyl (C=O) groups excluding carboxylic acids is 1. The Hall–Kier alpha value is -1.55. The lowest BCUT2D eigenvalue weighted by atomic mass is 9.79. The fourth-order valence-electron chi connectivity index (χ4n) is 3.36. The number of nitrogens with one attached hydrogen (secondary N) is 1. The third-order valence-corrected chi connectivity index (χ3v) is 6.38. The predicted octanol–water partition coefficient (Wildman–Crippen LogP) is 6.22. The van der Waals surface area contributed by atoms with Crippen LogP contribution in [-0.4, -0.2) is 36.6 Å². The van der Waals surface area contributed by atoms with Gasteiger partial charge in [0.1, 0.15) is 0 Å². The average molecular weight is 435 g/mol. The van der Waals surface area contributed by atoms with E-state index >= 15 is 0 Å². The summed E-state index contributed by atoms with van der Waals surface area (Å²) >= 11 is 0. The summed E-state index contributed by atoms with van der Waals surface area (Å²) in [4.78, 5) is 12.3. The Morgan fingerprint density at radius 3 is 1.48 bits per heavy atom. The zero-order chi connectivity index (χ0) is 24.8. The second kappa shape index (κ2) is 10.8. The third kappa shape index (κ3) is 8.48. The summed E-state index contributed by atoms with van der Waals surface area (Å²) in [6.07, 6.45) is 0. The second-order valence-electron chi connectivity index (χ2n) is 11.7. The Kier molecular flexibility index (Phi) is 10.3. The smallest absolute Gasteiger partial charge is 0.229 e. The second-order valence-corrected chi connectivity index (χ2v) is 11.7. The average Bonchev–Trinajstić information content (AvgIpc) is 2.63. The van der Waals surface area contributed by atoms with Crippen molar-refractivity contribution in [1.82, 2.24) is 0 Å². The van der Waals surface area contributed by atoms with Crippen molar-refractivity contribution in [3.05, 3.63) is 23.3 Å². The van der Waals surface area contributed by atoms with Gasteiger partial charge in [-0.25, -0.2) is 0 Å². The Labute approximate surface area is 193 Å². The number of carbonyl (C=O) groups is 1. The van der Waals surface area contributed by atoms with Gasteiger partial charge in [-0.15, -0.1) is 0 Å². The van der Waals surface area contributed by atoms with Crippen LogP contribution in [0.25, 0.3) is 0 Å². The molecule has 0 radical (unpaired) electrons. The molecule has 0 aliphatic rings. The van der Waals surface area contributed by atoms with Gasteiger partial charge in [0.2, 0.25) is 5.91 Å². The van der Waals surface area contributed by atoms with Crippen LogP contribution in [0.1, 0.15) is 101 Å². The van der Waals surface area contributed by atoms with Gasteiger partial charge < -0.3 is 14.9 Å². The van der Waals surface area contributed by atoms with E-state index in [-0.39, 0.29) is 22.5 Å². The molecule has 0 saturated heterocycles. The SMILES string of the molecule is CC(C)(C)C(=O)Nc1cc(C(C)(C)C)cc(C(C)(C)C)c1[O-].CC[N+](CC)(CC)CC. The quantitative estimate of drug-likeness (QED) is 0.559. The molecule has 1 aromatic carbocycles. The topological polar surface area (TPSA) is 52.2 Å². The van der Waals surface area contributed by atoms with Gasteiger partial charge in [-0.05, 0) is 55.7 Å². The first-order valence-electron chi connectivity index (χ1n) is 11.9. The molecule has 0 fully saturated rings. The van der Waals surface area contributed by atoms with Crippen LogP contribution in [0.3, 0.4) is 0 Å². The zero-order valence-electron chi connectivity index (χ0n) is 22.7. The minimum Gasteiger partial charge on any atom is -0.871 e. The van der Waals surface area contributed by atoms with Gasteiger partial charge in [0.05, 0.1) is 26.2 Å². The molecular weight excluding hydrogens is 384 g/mol. The van der Waals surface area contributed by atoms with E-state index in [0.29, 0.717) is 5.69 Å². The van der Waals surface area contributed by atoms with Crippen molar-refractivity contribution in [1.29, 1.82) is 0 Å². The van der Waals surface area contributed by atoms with E-state index in [1.165, 1.54) is 30.7 Å². The Morgan fingerprint density at radius 2 is 1.23 bits per heavy atom. The highest BCUT2D eigenvalue weighted by molar-refractivity contribution is 5.96. The van der Waals surface area contributed by atoms with Gasteiger partial charge in [0.15, 0.2) is 0 Å². The van der Waals surface area contributed by atoms with Crippen molar-refractivity contribution >= 4 is 11.6 Å². The molecule has 180 valence electrons. The van der Waals surface area contributed by atoms with Crippen molar-refractivity contribution in [3.8, 4) is 5.75 Å². The first-order chi connectivity index (χ1) is 13.9. The Bertz CT molecular complexity index is 695. The summed E-state index contributed by atoms with van der Waals surface area (Å²) in [6, 6.07) is 3.80. The van der Waals surface area contributed by atoms with E-state index in [2.05, 4.69) is 53.8 Å². The van der Waals surface area contributed by atoms with E-state index < -0.39 is 5.41 Å². The first kappa shape index (κ1) is 29.5. The van der Waals surface area contributed by atoms with Crippen LogP contribution in [0.15, 0.2) is 12.1 Å². The van der Waals surface area contributed by atoms with Gasteiger partial charge in [-0.3, -0.25) is 4.79 Å². The number of anilines is 1. The maximum Gasteiger partial charge on any atom is 0.229 e. The van der Waals surface area contributed by atoms with Gasteiger partial charge in [-0.1, -0.05) is 74.1 Å². The lowest BCUT2D eigenvalue weighted by Crippen LogP contribution is -2.47. The highest BCUT2D eigenvalue weighted by atomic mass is 16.3.